The second kappa shape index (κ2) is 11.7. The Morgan fingerprint density at radius 1 is 1.03 bits per heavy atom. The van der Waals surface area contributed by atoms with Crippen molar-refractivity contribution in [2.75, 3.05) is 20.3 Å². The van der Waals surface area contributed by atoms with Gasteiger partial charge in [0.25, 0.3) is 5.91 Å². The largest absolute Gasteiger partial charge is 0.497 e. The second-order valence-electron chi connectivity index (χ2n) is 6.55. The molecule has 1 atom stereocenters. The number of benzene rings is 2. The van der Waals surface area contributed by atoms with E-state index in [4.69, 9.17) is 32.7 Å². The van der Waals surface area contributed by atoms with Crippen molar-refractivity contribution in [3.8, 4) is 11.5 Å². The van der Waals surface area contributed by atoms with Crippen molar-refractivity contribution < 1.29 is 19.1 Å². The van der Waals surface area contributed by atoms with Crippen LogP contribution in [0.15, 0.2) is 42.5 Å². The predicted octanol–water partition coefficient (Wildman–Crippen LogP) is 4.32. The highest BCUT2D eigenvalue weighted by molar-refractivity contribution is 6.42. The third-order valence-electron chi connectivity index (χ3n) is 4.50. The molecule has 2 amide bonds. The highest BCUT2D eigenvalue weighted by Gasteiger charge is 2.28. The number of nitrogens with one attached hydrogen (secondary N) is 1. The smallest absolute Gasteiger partial charge is 0.261 e. The third kappa shape index (κ3) is 6.54. The molecule has 1 unspecified atom stereocenters. The molecule has 1 N–H and O–H groups in total. The number of carbonyl (C=O) groups is 2. The molecular formula is C22H26Cl2N2O4. The number of nitrogens with zero attached hydrogens (tertiary/aromatic N) is 1. The van der Waals surface area contributed by atoms with Gasteiger partial charge in [0.05, 0.1) is 17.2 Å². The first-order valence-corrected chi connectivity index (χ1v) is 10.4. The number of hydrogen-bond donors (Lipinski definition) is 1. The average Bonchev–Trinajstić information content (AvgIpc) is 2.75. The fourth-order valence-corrected chi connectivity index (χ4v) is 3.27. The van der Waals surface area contributed by atoms with Gasteiger partial charge < -0.3 is 19.7 Å². The van der Waals surface area contributed by atoms with E-state index < -0.39 is 6.04 Å². The van der Waals surface area contributed by atoms with Crippen molar-refractivity contribution in [3.05, 3.63) is 58.1 Å². The van der Waals surface area contributed by atoms with E-state index in [2.05, 4.69) is 5.32 Å². The Balaban J connectivity index is 2.19. The van der Waals surface area contributed by atoms with Crippen LogP contribution < -0.4 is 14.8 Å². The molecule has 0 aliphatic rings. The molecule has 0 spiro atoms. The molecular weight excluding hydrogens is 427 g/mol. The Bertz CT molecular complexity index is 859. The van der Waals surface area contributed by atoms with Crippen molar-refractivity contribution in [2.24, 2.45) is 0 Å². The quantitative estimate of drug-likeness (QED) is 0.582. The first-order valence-electron chi connectivity index (χ1n) is 9.67. The molecule has 2 rings (SSSR count). The summed E-state index contributed by atoms with van der Waals surface area (Å²) in [5.74, 6) is 0.703. The van der Waals surface area contributed by atoms with Crippen LogP contribution in [0.2, 0.25) is 10.0 Å². The lowest BCUT2D eigenvalue weighted by atomic mass is 10.1. The minimum atomic E-state index is -0.633. The van der Waals surface area contributed by atoms with Crippen LogP contribution in [0.3, 0.4) is 0 Å². The van der Waals surface area contributed by atoms with Crippen molar-refractivity contribution >= 4 is 35.0 Å². The monoisotopic (exact) mass is 452 g/mol. The van der Waals surface area contributed by atoms with Crippen LogP contribution in [0.25, 0.3) is 0 Å². The second-order valence-corrected chi connectivity index (χ2v) is 7.37. The molecule has 0 aromatic heterocycles. The van der Waals surface area contributed by atoms with Crippen LogP contribution in [0.4, 0.5) is 0 Å². The van der Waals surface area contributed by atoms with Gasteiger partial charge >= 0.3 is 0 Å². The molecule has 6 nitrogen and oxygen atoms in total. The molecule has 0 saturated heterocycles. The highest BCUT2D eigenvalue weighted by atomic mass is 35.5. The Hall–Kier alpha value is -2.44. The zero-order valence-electron chi connectivity index (χ0n) is 17.3. The Morgan fingerprint density at radius 3 is 2.27 bits per heavy atom. The van der Waals surface area contributed by atoms with Gasteiger partial charge in [-0.2, -0.15) is 0 Å². The molecule has 0 aliphatic carbocycles. The fourth-order valence-electron chi connectivity index (χ4n) is 2.95. The summed E-state index contributed by atoms with van der Waals surface area (Å²) in [7, 11) is 1.58. The lowest BCUT2D eigenvalue weighted by Gasteiger charge is -2.30. The van der Waals surface area contributed by atoms with Crippen LogP contribution in [-0.4, -0.2) is 43.0 Å². The Morgan fingerprint density at radius 2 is 1.70 bits per heavy atom. The summed E-state index contributed by atoms with van der Waals surface area (Å²) < 4.78 is 10.8. The molecule has 0 heterocycles. The third-order valence-corrected chi connectivity index (χ3v) is 5.23. The lowest BCUT2D eigenvalue weighted by molar-refractivity contribution is -0.142. The topological polar surface area (TPSA) is 67.9 Å². The van der Waals surface area contributed by atoms with Crippen LogP contribution in [-0.2, 0) is 16.1 Å². The molecule has 30 heavy (non-hydrogen) atoms. The molecule has 2 aromatic carbocycles. The molecule has 0 fully saturated rings. The van der Waals surface area contributed by atoms with E-state index in [0.29, 0.717) is 34.5 Å². The fraction of sp³-hybridized carbons (Fsp3) is 0.364. The number of rotatable bonds is 10. The predicted molar refractivity (Wildman–Crippen MR) is 118 cm³/mol. The molecule has 2 aromatic rings. The number of carbonyl (C=O) groups excluding carboxylic acids is 2. The molecule has 0 radical (unpaired) electrons. The number of halogens is 2. The minimum Gasteiger partial charge on any atom is -0.497 e. The van der Waals surface area contributed by atoms with E-state index >= 15 is 0 Å². The summed E-state index contributed by atoms with van der Waals surface area (Å²) in [5, 5.41) is 3.61. The van der Waals surface area contributed by atoms with E-state index in [-0.39, 0.29) is 25.0 Å². The number of likely N-dealkylation sites (N-methyl/N-ethyl adjacent to an activating group) is 1. The molecule has 0 saturated carbocycles. The van der Waals surface area contributed by atoms with Crippen LogP contribution in [0.5, 0.6) is 11.5 Å². The van der Waals surface area contributed by atoms with E-state index in [9.17, 15) is 9.59 Å². The highest BCUT2D eigenvalue weighted by Crippen LogP contribution is 2.24. The van der Waals surface area contributed by atoms with Gasteiger partial charge in [-0.15, -0.1) is 0 Å². The van der Waals surface area contributed by atoms with E-state index in [1.807, 2.05) is 13.8 Å². The zero-order chi connectivity index (χ0) is 22.1. The molecule has 8 heteroatoms. The number of methoxy groups -OCH3 is 1. The van der Waals surface area contributed by atoms with Gasteiger partial charge in [-0.3, -0.25) is 9.59 Å². The van der Waals surface area contributed by atoms with E-state index in [1.54, 1.807) is 49.6 Å². The van der Waals surface area contributed by atoms with Crippen LogP contribution in [0, 0.1) is 0 Å². The van der Waals surface area contributed by atoms with Crippen molar-refractivity contribution in [1.82, 2.24) is 10.2 Å². The van der Waals surface area contributed by atoms with Crippen LogP contribution >= 0.6 is 23.2 Å². The van der Waals surface area contributed by atoms with Gasteiger partial charge in [0, 0.05) is 13.1 Å². The molecule has 0 aliphatic heterocycles. The minimum absolute atomic E-state index is 0.205. The standard InChI is InChI=1S/C22H26Cl2N2O4/c1-4-20(22(28)25-5-2)26(13-15-6-11-18(23)19(24)12-15)21(27)14-30-17-9-7-16(29-3)8-10-17/h6-12,20H,4-5,13-14H2,1-3H3,(H,25,28). The first-order chi connectivity index (χ1) is 14.4. The summed E-state index contributed by atoms with van der Waals surface area (Å²) in [6.45, 7) is 4.18. The van der Waals surface area contributed by atoms with Gasteiger partial charge in [0.1, 0.15) is 17.5 Å². The first kappa shape index (κ1) is 23.8. The average molecular weight is 453 g/mol. The maximum absolute atomic E-state index is 13.0. The van der Waals surface area contributed by atoms with E-state index in [1.165, 1.54) is 4.90 Å². The van der Waals surface area contributed by atoms with Gasteiger partial charge in [-0.05, 0) is 55.3 Å². The van der Waals surface area contributed by atoms with Crippen molar-refractivity contribution in [2.45, 2.75) is 32.9 Å². The summed E-state index contributed by atoms with van der Waals surface area (Å²) in [6, 6.07) is 11.4. The summed E-state index contributed by atoms with van der Waals surface area (Å²) in [6.07, 6.45) is 0.460. The lowest BCUT2D eigenvalue weighted by Crippen LogP contribution is -2.50. The van der Waals surface area contributed by atoms with E-state index in [0.717, 1.165) is 5.56 Å². The normalized spacial score (nSPS) is 11.5. The number of hydrogen-bond acceptors (Lipinski definition) is 4. The van der Waals surface area contributed by atoms with Gasteiger partial charge in [-0.25, -0.2) is 0 Å². The van der Waals surface area contributed by atoms with Crippen LogP contribution in [0.1, 0.15) is 25.8 Å². The van der Waals surface area contributed by atoms with Crippen molar-refractivity contribution in [3.63, 3.8) is 0 Å². The summed E-state index contributed by atoms with van der Waals surface area (Å²) >= 11 is 12.1. The maximum Gasteiger partial charge on any atom is 0.261 e. The van der Waals surface area contributed by atoms with Gasteiger partial charge in [0.2, 0.25) is 5.91 Å². The SMILES string of the molecule is CCNC(=O)C(CC)N(Cc1ccc(Cl)c(Cl)c1)C(=O)COc1ccc(OC)cc1. The zero-order valence-corrected chi connectivity index (χ0v) is 18.8. The molecule has 0 bridgehead atoms. The van der Waals surface area contributed by atoms with Gasteiger partial charge in [-0.1, -0.05) is 36.2 Å². The summed E-state index contributed by atoms with van der Waals surface area (Å²) in [5.41, 5.74) is 0.768. The maximum atomic E-state index is 13.0. The Labute approximate surface area is 187 Å². The molecule has 162 valence electrons. The number of amides is 2. The van der Waals surface area contributed by atoms with Crippen molar-refractivity contribution in [1.29, 1.82) is 0 Å². The Kier molecular flexibility index (Phi) is 9.27. The van der Waals surface area contributed by atoms with Gasteiger partial charge in [0.15, 0.2) is 6.61 Å². The summed E-state index contributed by atoms with van der Waals surface area (Å²) in [4.78, 5) is 27.1. The number of ether oxygens (including phenoxy) is 2.